The van der Waals surface area contributed by atoms with Crippen LogP contribution in [0.1, 0.15) is 51.7 Å². The highest BCUT2D eigenvalue weighted by Crippen LogP contribution is 2.58. The van der Waals surface area contributed by atoms with Gasteiger partial charge in [-0.25, -0.2) is 0 Å². The van der Waals surface area contributed by atoms with Gasteiger partial charge in [0.1, 0.15) is 11.6 Å². The molecule has 0 aromatic carbocycles. The minimum atomic E-state index is 0.396. The van der Waals surface area contributed by atoms with E-state index in [9.17, 15) is 0 Å². The van der Waals surface area contributed by atoms with Crippen LogP contribution in [0, 0.1) is 11.3 Å². The quantitative estimate of drug-likeness (QED) is 0.846. The van der Waals surface area contributed by atoms with Crippen LogP contribution in [0.5, 0.6) is 0 Å². The van der Waals surface area contributed by atoms with E-state index >= 15 is 0 Å². The van der Waals surface area contributed by atoms with E-state index < -0.39 is 0 Å². The minimum Gasteiger partial charge on any atom is -0.324 e. The lowest BCUT2D eigenvalue weighted by Crippen LogP contribution is -2.14. The van der Waals surface area contributed by atoms with Gasteiger partial charge >= 0.3 is 0 Å². The molecule has 1 heterocycles. The largest absolute Gasteiger partial charge is 0.324 e. The van der Waals surface area contributed by atoms with Gasteiger partial charge in [0.15, 0.2) is 0 Å². The van der Waals surface area contributed by atoms with E-state index in [-0.39, 0.29) is 0 Å². The summed E-state index contributed by atoms with van der Waals surface area (Å²) in [4.78, 5) is 0. The first-order valence-corrected chi connectivity index (χ1v) is 6.07. The molecule has 1 atom stereocenters. The smallest absolute Gasteiger partial charge is 0.146 e. The molecule has 0 amide bonds. The van der Waals surface area contributed by atoms with E-state index in [1.807, 2.05) is 0 Å². The van der Waals surface area contributed by atoms with Crippen molar-refractivity contribution < 1.29 is 0 Å². The van der Waals surface area contributed by atoms with Crippen LogP contribution in [0.25, 0.3) is 0 Å². The lowest BCUT2D eigenvalue weighted by atomic mass is 10.1. The van der Waals surface area contributed by atoms with Crippen molar-refractivity contribution in [2.45, 2.75) is 53.1 Å². The standard InChI is InChI=1S/C12H22N4/c1-8(2)7-16-10(6-13)14-15-11(16)9-5-12(9,3)4/h8-9H,5-7,13H2,1-4H3. The van der Waals surface area contributed by atoms with Crippen LogP contribution in [-0.4, -0.2) is 14.8 Å². The molecule has 1 aliphatic rings. The van der Waals surface area contributed by atoms with E-state index in [4.69, 9.17) is 5.73 Å². The van der Waals surface area contributed by atoms with Gasteiger partial charge in [-0.05, 0) is 17.8 Å². The third kappa shape index (κ3) is 1.98. The Hall–Kier alpha value is -0.900. The van der Waals surface area contributed by atoms with Gasteiger partial charge in [0.25, 0.3) is 0 Å². The van der Waals surface area contributed by atoms with E-state index in [1.54, 1.807) is 0 Å². The van der Waals surface area contributed by atoms with Crippen molar-refractivity contribution in [3.8, 4) is 0 Å². The Bertz CT molecular complexity index is 378. The fourth-order valence-corrected chi connectivity index (χ4v) is 2.23. The molecule has 0 saturated heterocycles. The average Bonchev–Trinajstić information content (AvgIpc) is 2.65. The van der Waals surface area contributed by atoms with Crippen LogP contribution < -0.4 is 5.73 Å². The van der Waals surface area contributed by atoms with E-state index in [2.05, 4.69) is 42.5 Å². The molecule has 0 spiro atoms. The van der Waals surface area contributed by atoms with Crippen LogP contribution in [0.4, 0.5) is 0 Å². The molecule has 0 aliphatic heterocycles. The summed E-state index contributed by atoms with van der Waals surface area (Å²) in [5, 5.41) is 8.53. The topological polar surface area (TPSA) is 56.7 Å². The Balaban J connectivity index is 2.28. The summed E-state index contributed by atoms with van der Waals surface area (Å²) in [5.74, 6) is 3.23. The molecule has 4 heteroatoms. The second kappa shape index (κ2) is 3.84. The maximum absolute atomic E-state index is 5.70. The van der Waals surface area contributed by atoms with E-state index in [0.717, 1.165) is 18.2 Å². The first-order chi connectivity index (χ1) is 7.45. The molecule has 4 nitrogen and oxygen atoms in total. The maximum Gasteiger partial charge on any atom is 0.146 e. The van der Waals surface area contributed by atoms with Gasteiger partial charge in [-0.15, -0.1) is 10.2 Å². The molecule has 1 aliphatic carbocycles. The van der Waals surface area contributed by atoms with Crippen molar-refractivity contribution in [1.82, 2.24) is 14.8 Å². The zero-order valence-electron chi connectivity index (χ0n) is 10.7. The molecule has 1 aromatic heterocycles. The molecule has 2 rings (SSSR count). The highest BCUT2D eigenvalue weighted by molar-refractivity contribution is 5.17. The highest BCUT2D eigenvalue weighted by Gasteiger charge is 2.49. The zero-order chi connectivity index (χ0) is 11.9. The molecule has 16 heavy (non-hydrogen) atoms. The second-order valence-corrected chi connectivity index (χ2v) is 5.93. The normalized spacial score (nSPS) is 22.8. The number of hydrogen-bond donors (Lipinski definition) is 1. The SMILES string of the molecule is CC(C)Cn1c(CN)nnc1C1CC1(C)C. The molecule has 2 N–H and O–H groups in total. The van der Waals surface area contributed by atoms with Crippen LogP contribution >= 0.6 is 0 Å². The third-order valence-corrected chi connectivity index (χ3v) is 3.41. The first kappa shape index (κ1) is 11.6. The Morgan fingerprint density at radius 1 is 1.44 bits per heavy atom. The van der Waals surface area contributed by atoms with Crippen molar-refractivity contribution in [2.24, 2.45) is 17.1 Å². The maximum atomic E-state index is 5.70. The summed E-state index contributed by atoms with van der Waals surface area (Å²) in [6.07, 6.45) is 1.22. The zero-order valence-corrected chi connectivity index (χ0v) is 10.7. The van der Waals surface area contributed by atoms with Crippen LogP contribution in [0.15, 0.2) is 0 Å². The summed E-state index contributed by atoms with van der Waals surface area (Å²) < 4.78 is 2.23. The fourth-order valence-electron chi connectivity index (χ4n) is 2.23. The summed E-state index contributed by atoms with van der Waals surface area (Å²) >= 11 is 0. The lowest BCUT2D eigenvalue weighted by molar-refractivity contribution is 0.482. The summed E-state index contributed by atoms with van der Waals surface area (Å²) in [6.45, 7) is 10.4. The first-order valence-electron chi connectivity index (χ1n) is 6.07. The molecular weight excluding hydrogens is 200 g/mol. The van der Waals surface area contributed by atoms with Crippen LogP contribution in [0.3, 0.4) is 0 Å². The van der Waals surface area contributed by atoms with Crippen molar-refractivity contribution in [3.63, 3.8) is 0 Å². The molecule has 0 bridgehead atoms. The summed E-state index contributed by atoms with van der Waals surface area (Å²) in [7, 11) is 0. The molecular formula is C12H22N4. The predicted octanol–water partition coefficient (Wildman–Crippen LogP) is 1.91. The van der Waals surface area contributed by atoms with Gasteiger partial charge in [-0.1, -0.05) is 27.7 Å². The average molecular weight is 222 g/mol. The van der Waals surface area contributed by atoms with Crippen LogP contribution in [-0.2, 0) is 13.1 Å². The summed E-state index contributed by atoms with van der Waals surface area (Å²) in [5.41, 5.74) is 6.10. The second-order valence-electron chi connectivity index (χ2n) is 5.93. The number of hydrogen-bond acceptors (Lipinski definition) is 3. The van der Waals surface area contributed by atoms with Crippen molar-refractivity contribution in [3.05, 3.63) is 11.6 Å². The molecule has 1 unspecified atom stereocenters. The number of rotatable bonds is 4. The Morgan fingerprint density at radius 2 is 2.06 bits per heavy atom. The van der Waals surface area contributed by atoms with E-state index in [1.165, 1.54) is 6.42 Å². The van der Waals surface area contributed by atoms with Crippen molar-refractivity contribution in [2.75, 3.05) is 0 Å². The Kier molecular flexibility index (Phi) is 2.78. The van der Waals surface area contributed by atoms with E-state index in [0.29, 0.717) is 23.8 Å². The number of nitrogens with two attached hydrogens (primary N) is 1. The Morgan fingerprint density at radius 3 is 2.50 bits per heavy atom. The summed E-state index contributed by atoms with van der Waals surface area (Å²) in [6, 6.07) is 0. The fraction of sp³-hybridized carbons (Fsp3) is 0.833. The predicted molar refractivity (Wildman–Crippen MR) is 63.9 cm³/mol. The molecule has 90 valence electrons. The van der Waals surface area contributed by atoms with Crippen LogP contribution in [0.2, 0.25) is 0 Å². The third-order valence-electron chi connectivity index (χ3n) is 3.41. The van der Waals surface area contributed by atoms with Gasteiger partial charge in [0.05, 0.1) is 6.54 Å². The molecule has 0 radical (unpaired) electrons. The van der Waals surface area contributed by atoms with Gasteiger partial charge < -0.3 is 10.3 Å². The van der Waals surface area contributed by atoms with Gasteiger partial charge in [0.2, 0.25) is 0 Å². The molecule has 1 saturated carbocycles. The minimum absolute atomic E-state index is 0.396. The van der Waals surface area contributed by atoms with Crippen molar-refractivity contribution in [1.29, 1.82) is 0 Å². The monoisotopic (exact) mass is 222 g/mol. The molecule has 1 fully saturated rings. The molecule has 1 aromatic rings. The van der Waals surface area contributed by atoms with Gasteiger partial charge in [-0.3, -0.25) is 0 Å². The van der Waals surface area contributed by atoms with Gasteiger partial charge in [0, 0.05) is 12.5 Å². The van der Waals surface area contributed by atoms with Crippen molar-refractivity contribution >= 4 is 0 Å². The van der Waals surface area contributed by atoms with Gasteiger partial charge in [-0.2, -0.15) is 0 Å². The number of aromatic nitrogens is 3. The highest BCUT2D eigenvalue weighted by atomic mass is 15.3. The number of nitrogens with zero attached hydrogens (tertiary/aromatic N) is 3. The lowest BCUT2D eigenvalue weighted by Gasteiger charge is -2.12. The Labute approximate surface area is 97.2 Å².